The van der Waals surface area contributed by atoms with Gasteiger partial charge in [0.05, 0.1) is 31.0 Å². The molecule has 1 unspecified atom stereocenters. The molecule has 2 aromatic carbocycles. The van der Waals surface area contributed by atoms with E-state index in [-0.39, 0.29) is 22.7 Å². The first kappa shape index (κ1) is 36.1. The van der Waals surface area contributed by atoms with Crippen molar-refractivity contribution in [1.29, 1.82) is 0 Å². The summed E-state index contributed by atoms with van der Waals surface area (Å²) in [5.41, 5.74) is 3.34. The van der Waals surface area contributed by atoms with Crippen LogP contribution in [0.5, 0.6) is 11.5 Å². The van der Waals surface area contributed by atoms with Crippen LogP contribution in [-0.2, 0) is 23.2 Å². The molecule has 9 nitrogen and oxygen atoms in total. The van der Waals surface area contributed by atoms with Crippen molar-refractivity contribution in [3.05, 3.63) is 76.5 Å². The Hall–Kier alpha value is -4.39. The highest BCUT2D eigenvalue weighted by Crippen LogP contribution is 2.41. The van der Waals surface area contributed by atoms with Gasteiger partial charge in [-0.05, 0) is 56.2 Å². The van der Waals surface area contributed by atoms with Crippen molar-refractivity contribution in [2.24, 2.45) is 12.5 Å². The standard InChI is InChI=1S/C31H38FN3O4.C2HF3O2/c1-5-31(18-29(37)35(21-31)25-12-13-28(36)34(4)20-25)14-15-33-19-22-16-26(38-6-2)30(27(17-22)39-7-3)23-8-10-24(32)11-9-23;3-2(4,5)1(6)7/h8-13,16-17,20,33H,5-7,14-15,18-19,21H2,1-4H3;(H,6,7). The zero-order valence-electron chi connectivity index (χ0n) is 26.3. The summed E-state index contributed by atoms with van der Waals surface area (Å²) in [5.74, 6) is -1.75. The first-order valence-corrected chi connectivity index (χ1v) is 15.0. The van der Waals surface area contributed by atoms with E-state index in [1.54, 1.807) is 31.4 Å². The lowest BCUT2D eigenvalue weighted by atomic mass is 9.81. The van der Waals surface area contributed by atoms with Crippen LogP contribution in [0.2, 0.25) is 0 Å². The zero-order valence-corrected chi connectivity index (χ0v) is 26.3. The predicted octanol–water partition coefficient (Wildman–Crippen LogP) is 3.57. The van der Waals surface area contributed by atoms with Gasteiger partial charge in [0.15, 0.2) is 0 Å². The van der Waals surface area contributed by atoms with E-state index in [0.717, 1.165) is 59.8 Å². The van der Waals surface area contributed by atoms with Crippen molar-refractivity contribution < 1.29 is 47.0 Å². The second-order valence-electron chi connectivity index (χ2n) is 11.0. The van der Waals surface area contributed by atoms with E-state index in [1.807, 2.05) is 30.9 Å². The van der Waals surface area contributed by atoms with Crippen LogP contribution < -0.4 is 30.4 Å². The molecule has 0 spiro atoms. The Kier molecular flexibility index (Phi) is 12.4. The molecule has 2 N–H and O–H groups in total. The van der Waals surface area contributed by atoms with Crippen molar-refractivity contribution in [2.75, 3.05) is 31.2 Å². The lowest BCUT2D eigenvalue weighted by Gasteiger charge is -2.27. The van der Waals surface area contributed by atoms with Gasteiger partial charge in [-0.3, -0.25) is 9.59 Å². The van der Waals surface area contributed by atoms with Gasteiger partial charge in [-0.25, -0.2) is 4.39 Å². The fraction of sp³-hybridized carbons (Fsp3) is 0.424. The number of amides is 1. The quantitative estimate of drug-likeness (QED) is 0.237. The van der Waals surface area contributed by atoms with Crippen LogP contribution in [0.4, 0.5) is 23.2 Å². The molecule has 46 heavy (non-hydrogen) atoms. The molecule has 0 radical (unpaired) electrons. The van der Waals surface area contributed by atoms with Crippen LogP contribution in [0.1, 0.15) is 45.6 Å². The molecule has 250 valence electrons. The van der Waals surface area contributed by atoms with Crippen LogP contribution in [0.3, 0.4) is 0 Å². The second kappa shape index (κ2) is 15.7. The highest BCUT2D eigenvalue weighted by molar-refractivity contribution is 5.96. The maximum absolute atomic E-state index is 13.6. The summed E-state index contributed by atoms with van der Waals surface area (Å²) < 4.78 is 58.6. The minimum absolute atomic E-state index is 0.0903. The van der Waals surface area contributed by atoms with Crippen LogP contribution in [0, 0.1) is 11.2 Å². The molecular weight excluding hydrogens is 610 g/mol. The molecule has 0 aliphatic carbocycles. The number of aromatic nitrogens is 1. The predicted molar refractivity (Wildman–Crippen MR) is 162 cm³/mol. The van der Waals surface area contributed by atoms with Crippen molar-refractivity contribution in [3.63, 3.8) is 0 Å². The summed E-state index contributed by atoms with van der Waals surface area (Å²) >= 11 is 0. The monoisotopic (exact) mass is 649 g/mol. The van der Waals surface area contributed by atoms with Gasteiger partial charge >= 0.3 is 6.18 Å². The number of aryl methyl sites for hydroxylation is 1. The molecule has 1 atom stereocenters. The number of rotatable bonds is 12. The van der Waals surface area contributed by atoms with Crippen LogP contribution in [-0.4, -0.2) is 48.9 Å². The third-order valence-electron chi connectivity index (χ3n) is 7.80. The number of alkyl halides is 3. The molecule has 0 saturated carbocycles. The Labute approximate surface area is 264 Å². The number of halogens is 4. The molecule has 1 fully saturated rings. The number of ether oxygens (including phenoxy) is 2. The number of nitrogens with two attached hydrogens (primary N) is 1. The third kappa shape index (κ3) is 9.32. The number of hydrogen-bond acceptors (Lipinski definition) is 6. The number of anilines is 1. The van der Waals surface area contributed by atoms with Gasteiger partial charge in [0.1, 0.15) is 29.8 Å². The van der Waals surface area contributed by atoms with Gasteiger partial charge in [0.2, 0.25) is 11.5 Å². The number of benzene rings is 2. The molecule has 1 aliphatic rings. The number of aliphatic carboxylic acids is 1. The summed E-state index contributed by atoms with van der Waals surface area (Å²) in [6.45, 7) is 9.31. The van der Waals surface area contributed by atoms with Gasteiger partial charge in [-0.1, -0.05) is 19.1 Å². The zero-order chi connectivity index (χ0) is 34.1. The van der Waals surface area contributed by atoms with Crippen molar-refractivity contribution >= 4 is 17.6 Å². The third-order valence-corrected chi connectivity index (χ3v) is 7.80. The Morgan fingerprint density at radius 3 is 2.09 bits per heavy atom. The lowest BCUT2D eigenvalue weighted by molar-refractivity contribution is -0.672. The molecule has 13 heteroatoms. The minimum Gasteiger partial charge on any atom is -0.542 e. The number of hydrogen-bond donors (Lipinski definition) is 1. The van der Waals surface area contributed by atoms with Gasteiger partial charge in [-0.2, -0.15) is 13.2 Å². The van der Waals surface area contributed by atoms with E-state index in [2.05, 4.69) is 12.2 Å². The van der Waals surface area contributed by atoms with Crippen molar-refractivity contribution in [2.45, 2.75) is 52.8 Å². The van der Waals surface area contributed by atoms with Crippen molar-refractivity contribution in [3.8, 4) is 22.6 Å². The summed E-state index contributed by atoms with van der Waals surface area (Å²) in [7, 11) is 1.70. The number of quaternary nitrogens is 1. The van der Waals surface area contributed by atoms with Crippen LogP contribution >= 0.6 is 0 Å². The van der Waals surface area contributed by atoms with E-state index >= 15 is 0 Å². The summed E-state index contributed by atoms with van der Waals surface area (Å²) in [6, 6.07) is 13.7. The largest absolute Gasteiger partial charge is 0.542 e. The molecule has 0 bridgehead atoms. The summed E-state index contributed by atoms with van der Waals surface area (Å²) in [4.78, 5) is 35.3. The highest BCUT2D eigenvalue weighted by atomic mass is 19.4. The number of carbonyl (C=O) groups excluding carboxylic acids is 2. The Bertz CT molecular complexity index is 1530. The number of carboxylic acid groups (broad SMARTS) is 1. The van der Waals surface area contributed by atoms with Crippen molar-refractivity contribution in [1.82, 2.24) is 4.57 Å². The van der Waals surface area contributed by atoms with E-state index in [4.69, 9.17) is 19.4 Å². The maximum atomic E-state index is 13.6. The number of pyridine rings is 1. The number of nitrogens with zero attached hydrogens (tertiary/aromatic N) is 2. The first-order valence-electron chi connectivity index (χ1n) is 15.0. The van der Waals surface area contributed by atoms with E-state index in [9.17, 15) is 27.2 Å². The number of carboxylic acids is 1. The SMILES string of the molecule is CCOc1cc(C[NH2+]CCC2(CC)CC(=O)N(c3ccc(=O)n(C)c3)C2)cc(OCC)c1-c1ccc(F)cc1.O=C([O-])C(F)(F)F. The summed E-state index contributed by atoms with van der Waals surface area (Å²) in [5, 5.41) is 11.0. The fourth-order valence-electron chi connectivity index (χ4n) is 5.33. The summed E-state index contributed by atoms with van der Waals surface area (Å²) in [6.07, 6.45) is -1.14. The molecule has 1 aliphatic heterocycles. The molecular formula is C33H39F4N3O6. The molecule has 1 amide bonds. The fourth-order valence-corrected chi connectivity index (χ4v) is 5.33. The van der Waals surface area contributed by atoms with Gasteiger partial charge < -0.3 is 34.2 Å². The maximum Gasteiger partial charge on any atom is 0.430 e. The number of carbonyl (C=O) groups is 2. The average molecular weight is 650 g/mol. The molecule has 3 aromatic rings. The Morgan fingerprint density at radius 1 is 1.00 bits per heavy atom. The normalized spacial score (nSPS) is 16.2. The smallest absolute Gasteiger partial charge is 0.430 e. The first-order chi connectivity index (χ1) is 21.7. The minimum atomic E-state index is -5.19. The average Bonchev–Trinajstić information content (AvgIpc) is 3.34. The van der Waals surface area contributed by atoms with E-state index < -0.39 is 12.1 Å². The second-order valence-corrected chi connectivity index (χ2v) is 11.0. The topological polar surface area (TPSA) is 118 Å². The molecule has 4 rings (SSSR count). The molecule has 1 saturated heterocycles. The Balaban J connectivity index is 0.000000738. The molecule has 2 heterocycles. The van der Waals surface area contributed by atoms with Gasteiger partial charge in [-0.15, -0.1) is 0 Å². The highest BCUT2D eigenvalue weighted by Gasteiger charge is 2.42. The van der Waals surface area contributed by atoms with E-state index in [0.29, 0.717) is 26.2 Å². The van der Waals surface area contributed by atoms with E-state index in [1.165, 1.54) is 22.8 Å². The van der Waals surface area contributed by atoms with Gasteiger partial charge in [0, 0.05) is 49.7 Å². The van der Waals surface area contributed by atoms with Gasteiger partial charge in [0.25, 0.3) is 0 Å². The van der Waals surface area contributed by atoms with Crippen LogP contribution in [0.15, 0.2) is 59.5 Å². The Morgan fingerprint density at radius 2 is 1.59 bits per heavy atom. The van der Waals surface area contributed by atoms with Crippen LogP contribution in [0.25, 0.3) is 11.1 Å². The molecule has 1 aromatic heterocycles. The lowest BCUT2D eigenvalue weighted by Crippen LogP contribution is -2.83.